The third kappa shape index (κ3) is 167. The minimum Gasteiger partial charge on any atom is -0.199 e. The zero-order chi connectivity index (χ0) is 27.4. The Morgan fingerprint density at radius 2 is 0.879 bits per heavy atom. The third-order valence-electron chi connectivity index (χ3n) is 1.86. The first kappa shape index (κ1) is 42.3. The predicted octanol–water partition coefficient (Wildman–Crippen LogP) is 6.00. The van der Waals surface area contributed by atoms with Crippen molar-refractivity contribution >= 4 is 0 Å². The molecule has 0 N–H and O–H groups in total. The van der Waals surface area contributed by atoms with E-state index in [-0.39, 0.29) is 11.8 Å². The highest BCUT2D eigenvalue weighted by atomic mass is 14.3. The van der Waals surface area contributed by atoms with Gasteiger partial charge in [-0.3, -0.25) is 0 Å². The molecule has 0 aliphatic rings. The van der Waals surface area contributed by atoms with E-state index in [2.05, 4.69) is 12.6 Å². The Morgan fingerprint density at radius 3 is 0.970 bits per heavy atom. The summed E-state index contributed by atoms with van der Waals surface area (Å²) in [5.41, 5.74) is 0.407. The molecule has 0 radical (unpaired) electrons. The van der Waals surface area contributed by atoms with E-state index in [9.17, 15) is 0 Å². The molecule has 0 saturated carbocycles. The summed E-state index contributed by atoms with van der Waals surface area (Å²) in [5.74, 6) is 0. The molecule has 0 aliphatic heterocycles. The van der Waals surface area contributed by atoms with Crippen LogP contribution >= 0.6 is 0 Å². The lowest BCUT2D eigenvalue weighted by atomic mass is 10.0. The van der Waals surface area contributed by atoms with Gasteiger partial charge in [-0.2, -0.15) is 47.4 Å². The minimum atomic E-state index is -0.153. The van der Waals surface area contributed by atoms with E-state index >= 15 is 0 Å². The Kier molecular flexibility index (Phi) is 58.6. The van der Waals surface area contributed by atoms with Crippen LogP contribution in [0.15, 0.2) is 12.2 Å². The molecular formula is C24H31N9. The van der Waals surface area contributed by atoms with E-state index in [1.807, 2.05) is 51.1 Å². The zero-order valence-electron chi connectivity index (χ0n) is 20.2. The average molecular weight is 446 g/mol. The van der Waals surface area contributed by atoms with Gasteiger partial charge in [0.2, 0.25) is 0 Å². The second kappa shape index (κ2) is 45.7. The number of unbranched alkanes of at least 4 members (excludes halogenated alkanes) is 4. The highest BCUT2D eigenvalue weighted by molar-refractivity contribution is 5.11. The third-order valence-corrected chi connectivity index (χ3v) is 1.86. The maximum Gasteiger partial charge on any atom is 0.122 e. The van der Waals surface area contributed by atoms with Gasteiger partial charge in [-0.15, -0.1) is 0 Å². The Hall–Kier alpha value is -4.85. The van der Waals surface area contributed by atoms with Gasteiger partial charge in [0.05, 0.1) is 54.6 Å². The van der Waals surface area contributed by atoms with Crippen molar-refractivity contribution in [3.63, 3.8) is 0 Å². The molecule has 0 fully saturated rings. The Labute approximate surface area is 199 Å². The van der Waals surface area contributed by atoms with Crippen LogP contribution in [0.3, 0.4) is 0 Å². The quantitative estimate of drug-likeness (QED) is 0.365. The van der Waals surface area contributed by atoms with Crippen molar-refractivity contribution in [3.05, 3.63) is 12.2 Å². The molecule has 0 heterocycles. The molecule has 0 aromatic rings. The van der Waals surface area contributed by atoms with Gasteiger partial charge in [0.25, 0.3) is 0 Å². The van der Waals surface area contributed by atoms with Crippen molar-refractivity contribution in [2.24, 2.45) is 5.41 Å². The topological polar surface area (TPSA) is 214 Å². The first-order valence-corrected chi connectivity index (χ1v) is 9.49. The van der Waals surface area contributed by atoms with Crippen LogP contribution in [-0.2, 0) is 0 Å². The molecule has 0 saturated heterocycles. The molecule has 0 bridgehead atoms. The van der Waals surface area contributed by atoms with Crippen LogP contribution < -0.4 is 0 Å². The standard InChI is InChI=1S/C6H8N2.C5H9N.C4H4N2.C4H5N.C3H2N2.C2H3N/c7-5-3-1-2-4-6-8;1-5(2,3)4-6;5-3-1-2-4-6;1-4(2)3-5;4-2-1-3-5;1-2-3/h1-4H2;1-3H3;1-2H2;1H2,2H3;1H2;1H3. The fourth-order valence-corrected chi connectivity index (χ4v) is 0.555. The van der Waals surface area contributed by atoms with Gasteiger partial charge in [0.1, 0.15) is 6.42 Å². The summed E-state index contributed by atoms with van der Waals surface area (Å²) in [6, 6.07) is 16.7. The highest BCUT2D eigenvalue weighted by Gasteiger charge is 2.04. The van der Waals surface area contributed by atoms with Crippen molar-refractivity contribution in [2.75, 3.05) is 0 Å². The molecule has 9 heteroatoms. The zero-order valence-corrected chi connectivity index (χ0v) is 20.2. The summed E-state index contributed by atoms with van der Waals surface area (Å²) < 4.78 is 0. The maximum atomic E-state index is 8.15. The number of nitriles is 9. The normalized spacial score (nSPS) is 6.42. The van der Waals surface area contributed by atoms with Crippen molar-refractivity contribution < 1.29 is 0 Å². The van der Waals surface area contributed by atoms with Gasteiger partial charge in [0.15, 0.2) is 0 Å². The van der Waals surface area contributed by atoms with Crippen LogP contribution in [0.4, 0.5) is 0 Å². The summed E-state index contributed by atoms with van der Waals surface area (Å²) in [4.78, 5) is 0. The van der Waals surface area contributed by atoms with Gasteiger partial charge in [-0.05, 0) is 40.5 Å². The Bertz CT molecular complexity index is 791. The molecule has 0 unspecified atom stereocenters. The fraction of sp³-hybridized carbons (Fsp3) is 0.542. The molecule has 0 spiro atoms. The lowest BCUT2D eigenvalue weighted by Crippen LogP contribution is -1.97. The van der Waals surface area contributed by atoms with E-state index in [1.54, 1.807) is 25.1 Å². The first-order valence-electron chi connectivity index (χ1n) is 9.49. The second-order valence-electron chi connectivity index (χ2n) is 6.31. The average Bonchev–Trinajstić information content (AvgIpc) is 2.77. The van der Waals surface area contributed by atoms with E-state index in [1.165, 1.54) is 6.92 Å². The van der Waals surface area contributed by atoms with Crippen molar-refractivity contribution in [1.82, 2.24) is 0 Å². The monoisotopic (exact) mass is 445 g/mol. The van der Waals surface area contributed by atoms with E-state index in [4.69, 9.17) is 47.4 Å². The molecule has 0 amide bonds. The van der Waals surface area contributed by atoms with Crippen LogP contribution in [0.25, 0.3) is 0 Å². The van der Waals surface area contributed by atoms with E-state index in [0.29, 0.717) is 31.3 Å². The molecule has 0 aliphatic carbocycles. The van der Waals surface area contributed by atoms with Crippen LogP contribution in [0, 0.1) is 107 Å². The summed E-state index contributed by atoms with van der Waals surface area (Å²) in [5, 5.41) is 70.1. The molecule has 0 atom stereocenters. The molecule has 0 aromatic heterocycles. The number of hydrogen-bond donors (Lipinski definition) is 0. The maximum absolute atomic E-state index is 8.15. The Morgan fingerprint density at radius 1 is 0.636 bits per heavy atom. The SMILES string of the molecule is C=C(C)C#N.CC#N.CC(C)(C)C#N.N#CCC#N.N#CCCC#N.N#CCCCCC#N. The Balaban J connectivity index is -0.0000000677. The smallest absolute Gasteiger partial charge is 0.122 e. The van der Waals surface area contributed by atoms with Crippen LogP contribution in [0.1, 0.15) is 79.6 Å². The van der Waals surface area contributed by atoms with Crippen molar-refractivity contribution in [1.29, 1.82) is 47.4 Å². The predicted molar refractivity (Wildman–Crippen MR) is 123 cm³/mol. The van der Waals surface area contributed by atoms with Crippen LogP contribution in [0.2, 0.25) is 0 Å². The molecule has 33 heavy (non-hydrogen) atoms. The number of nitrogens with zero attached hydrogens (tertiary/aromatic N) is 9. The van der Waals surface area contributed by atoms with Gasteiger partial charge in [-0.25, -0.2) is 0 Å². The summed E-state index contributed by atoms with van der Waals surface area (Å²) in [7, 11) is 0. The molecule has 172 valence electrons. The van der Waals surface area contributed by atoms with Crippen molar-refractivity contribution in [3.8, 4) is 54.6 Å². The van der Waals surface area contributed by atoms with Crippen LogP contribution in [0.5, 0.6) is 0 Å². The van der Waals surface area contributed by atoms with E-state index < -0.39 is 0 Å². The highest BCUT2D eigenvalue weighted by Crippen LogP contribution is 2.08. The van der Waals surface area contributed by atoms with Crippen LogP contribution in [-0.4, -0.2) is 0 Å². The summed E-state index contributed by atoms with van der Waals surface area (Å²) in [6.07, 6.45) is 3.62. The second-order valence-corrected chi connectivity index (χ2v) is 6.31. The lowest BCUT2D eigenvalue weighted by molar-refractivity contribution is 0.561. The van der Waals surface area contributed by atoms with Gasteiger partial charge in [-0.1, -0.05) is 6.58 Å². The largest absolute Gasteiger partial charge is 0.199 e. The van der Waals surface area contributed by atoms with Gasteiger partial charge >= 0.3 is 0 Å². The molecule has 0 rings (SSSR count). The molecule has 9 nitrogen and oxygen atoms in total. The fourth-order valence-electron chi connectivity index (χ4n) is 0.555. The number of allylic oxidation sites excluding steroid dienone is 1. The number of rotatable bonds is 4. The molecule has 0 aromatic carbocycles. The van der Waals surface area contributed by atoms with Gasteiger partial charge < -0.3 is 0 Å². The minimum absolute atomic E-state index is 0. The first-order chi connectivity index (χ1) is 15.5. The summed E-state index contributed by atoms with van der Waals surface area (Å²) >= 11 is 0. The lowest BCUT2D eigenvalue weighted by Gasteiger charge is -2.01. The van der Waals surface area contributed by atoms with Gasteiger partial charge in [0, 0.05) is 43.6 Å². The molecular weight excluding hydrogens is 414 g/mol. The van der Waals surface area contributed by atoms with Crippen molar-refractivity contribution in [2.45, 2.75) is 79.6 Å². The summed E-state index contributed by atoms with van der Waals surface area (Å²) in [6.45, 7) is 12.1. The van der Waals surface area contributed by atoms with E-state index in [0.717, 1.165) is 12.8 Å². The number of hydrogen-bond acceptors (Lipinski definition) is 9.